The van der Waals surface area contributed by atoms with E-state index in [4.69, 9.17) is 14.7 Å². The predicted molar refractivity (Wildman–Crippen MR) is 52.3 cm³/mol. The highest BCUT2D eigenvalue weighted by Crippen LogP contribution is 2.57. The first-order valence-electron chi connectivity index (χ1n) is 4.20. The number of hydrogen-bond acceptors (Lipinski definition) is 4. The average molecular weight is 260 g/mol. The lowest BCUT2D eigenvalue weighted by Gasteiger charge is -2.12. The zero-order valence-corrected chi connectivity index (χ0v) is 9.93. The van der Waals surface area contributed by atoms with E-state index < -0.39 is 15.4 Å². The molecule has 0 saturated carbocycles. The molecule has 0 rings (SSSR count). The van der Waals surface area contributed by atoms with Crippen molar-refractivity contribution in [1.82, 2.24) is 0 Å². The molecule has 0 bridgehead atoms. The molecular weight excluding hydrogens is 246 g/mol. The molecule has 9 heteroatoms. The van der Waals surface area contributed by atoms with Crippen LogP contribution in [0.1, 0.15) is 19.8 Å². The molecule has 90 valence electrons. The minimum atomic E-state index is -4.94. The minimum Gasteiger partial charge on any atom is -0.324 e. The first-order chi connectivity index (χ1) is 6.66. The van der Waals surface area contributed by atoms with Crippen molar-refractivity contribution in [1.29, 1.82) is 0 Å². The van der Waals surface area contributed by atoms with E-state index in [9.17, 15) is 13.9 Å². The second-order valence-electron chi connectivity index (χ2n) is 3.19. The van der Waals surface area contributed by atoms with Crippen LogP contribution in [0.2, 0.25) is 0 Å². The lowest BCUT2D eigenvalue weighted by atomic mass is 10.1. The van der Waals surface area contributed by atoms with E-state index in [1.807, 2.05) is 0 Å². The number of phosphoric acid groups is 1. The van der Waals surface area contributed by atoms with Crippen LogP contribution < -0.4 is 0 Å². The quantitative estimate of drug-likeness (QED) is 0.459. The summed E-state index contributed by atoms with van der Waals surface area (Å²) in [6, 6.07) is 0. The Morgan fingerprint density at radius 2 is 1.87 bits per heavy atom. The van der Waals surface area contributed by atoms with E-state index in [1.54, 1.807) is 6.92 Å². The smallest absolute Gasteiger partial charge is 0.324 e. The fourth-order valence-corrected chi connectivity index (χ4v) is 3.13. The molecule has 0 aliphatic rings. The standard InChI is InChI=1S/C6H14O7P2/c1-6(5-7)3-2-4-14(8,9)13-15(10,11)12/h5-6H,2-4H2,1H3,(H,8,9)(H2,10,11,12). The summed E-state index contributed by atoms with van der Waals surface area (Å²) in [5.41, 5.74) is 0. The third-order valence-corrected chi connectivity index (χ3v) is 4.32. The largest absolute Gasteiger partial charge is 0.476 e. The Hall–Kier alpha value is -0.0300. The van der Waals surface area contributed by atoms with Gasteiger partial charge in [-0.1, -0.05) is 6.92 Å². The lowest BCUT2D eigenvalue weighted by Crippen LogP contribution is -1.99. The van der Waals surface area contributed by atoms with Crippen LogP contribution in [0.3, 0.4) is 0 Å². The summed E-state index contributed by atoms with van der Waals surface area (Å²) in [6.07, 6.45) is 0.884. The predicted octanol–water partition coefficient (Wildman–Crippen LogP) is 0.896. The van der Waals surface area contributed by atoms with Crippen LogP contribution >= 0.6 is 15.4 Å². The Balaban J connectivity index is 4.00. The molecule has 3 N–H and O–H groups in total. The van der Waals surface area contributed by atoms with Gasteiger partial charge in [-0.05, 0) is 12.8 Å². The van der Waals surface area contributed by atoms with E-state index in [2.05, 4.69) is 4.31 Å². The Bertz CT molecular complexity index is 296. The van der Waals surface area contributed by atoms with Gasteiger partial charge in [0.25, 0.3) is 0 Å². The molecule has 0 fully saturated rings. The number of carbonyl (C=O) groups excluding carboxylic acids is 1. The molecule has 2 unspecified atom stereocenters. The molecule has 15 heavy (non-hydrogen) atoms. The number of carbonyl (C=O) groups is 1. The SMILES string of the molecule is CC(C=O)CCCP(=O)(O)OP(=O)(O)O. The van der Waals surface area contributed by atoms with Crippen molar-refractivity contribution in [2.75, 3.05) is 6.16 Å². The van der Waals surface area contributed by atoms with Crippen LogP contribution in [0, 0.1) is 5.92 Å². The van der Waals surface area contributed by atoms with Crippen LogP contribution in [0.5, 0.6) is 0 Å². The van der Waals surface area contributed by atoms with Gasteiger partial charge in [0.05, 0.1) is 6.16 Å². The second kappa shape index (κ2) is 5.89. The molecule has 0 aliphatic heterocycles. The van der Waals surface area contributed by atoms with Gasteiger partial charge in [0.15, 0.2) is 0 Å². The topological polar surface area (TPSA) is 121 Å². The van der Waals surface area contributed by atoms with Gasteiger partial charge in [0, 0.05) is 5.92 Å². The molecule has 0 aromatic heterocycles. The van der Waals surface area contributed by atoms with Crippen molar-refractivity contribution < 1.29 is 32.9 Å². The Kier molecular flexibility index (Phi) is 5.88. The molecule has 0 amide bonds. The Labute approximate surface area is 87.2 Å². The van der Waals surface area contributed by atoms with Crippen molar-refractivity contribution in [3.05, 3.63) is 0 Å². The minimum absolute atomic E-state index is 0.188. The number of rotatable bonds is 7. The normalized spacial score (nSPS) is 18.1. The summed E-state index contributed by atoms with van der Waals surface area (Å²) in [7, 11) is -9.20. The highest BCUT2D eigenvalue weighted by atomic mass is 31.3. The maximum Gasteiger partial charge on any atom is 0.476 e. The van der Waals surface area contributed by atoms with Gasteiger partial charge < -0.3 is 19.5 Å². The summed E-state index contributed by atoms with van der Waals surface area (Å²) in [6.45, 7) is 1.64. The molecule has 0 aromatic rings. The molecule has 0 saturated heterocycles. The first-order valence-corrected chi connectivity index (χ1v) is 7.49. The molecule has 0 heterocycles. The maximum atomic E-state index is 11.1. The van der Waals surface area contributed by atoms with Crippen molar-refractivity contribution in [2.24, 2.45) is 5.92 Å². The van der Waals surface area contributed by atoms with Gasteiger partial charge in [-0.2, -0.15) is 0 Å². The van der Waals surface area contributed by atoms with Crippen LogP contribution in [0.25, 0.3) is 0 Å². The van der Waals surface area contributed by atoms with Crippen molar-refractivity contribution >= 4 is 21.7 Å². The van der Waals surface area contributed by atoms with Crippen LogP contribution in [0.4, 0.5) is 0 Å². The summed E-state index contributed by atoms with van der Waals surface area (Å²) in [5, 5.41) is 0. The summed E-state index contributed by atoms with van der Waals surface area (Å²) in [4.78, 5) is 35.8. The van der Waals surface area contributed by atoms with E-state index in [-0.39, 0.29) is 18.5 Å². The molecule has 2 atom stereocenters. The molecule has 0 radical (unpaired) electrons. The van der Waals surface area contributed by atoms with Gasteiger partial charge >= 0.3 is 15.4 Å². The summed E-state index contributed by atoms with van der Waals surface area (Å²) >= 11 is 0. The zero-order valence-electron chi connectivity index (χ0n) is 8.15. The molecular formula is C6H14O7P2. The highest BCUT2D eigenvalue weighted by molar-refractivity contribution is 7.63. The third kappa shape index (κ3) is 8.93. The highest BCUT2D eigenvalue weighted by Gasteiger charge is 2.29. The van der Waals surface area contributed by atoms with E-state index in [0.717, 1.165) is 0 Å². The van der Waals surface area contributed by atoms with Crippen LogP contribution in [0.15, 0.2) is 0 Å². The second-order valence-corrected chi connectivity index (χ2v) is 6.55. The summed E-state index contributed by atoms with van der Waals surface area (Å²) < 4.78 is 25.1. The zero-order chi connectivity index (χ0) is 12.1. The van der Waals surface area contributed by atoms with E-state index in [0.29, 0.717) is 12.7 Å². The fourth-order valence-electron chi connectivity index (χ4n) is 0.888. The molecule has 0 aromatic carbocycles. The number of hydrogen-bond donors (Lipinski definition) is 3. The van der Waals surface area contributed by atoms with Gasteiger partial charge in [-0.15, -0.1) is 0 Å². The van der Waals surface area contributed by atoms with Crippen LogP contribution in [-0.2, 0) is 18.2 Å². The fraction of sp³-hybridized carbons (Fsp3) is 0.833. The van der Waals surface area contributed by atoms with Gasteiger partial charge in [-0.3, -0.25) is 4.57 Å². The van der Waals surface area contributed by atoms with Gasteiger partial charge in [0.2, 0.25) is 0 Å². The lowest BCUT2D eigenvalue weighted by molar-refractivity contribution is -0.110. The molecule has 7 nitrogen and oxygen atoms in total. The average Bonchev–Trinajstić information content (AvgIpc) is 1.98. The van der Waals surface area contributed by atoms with E-state index >= 15 is 0 Å². The van der Waals surface area contributed by atoms with Gasteiger partial charge in [-0.25, -0.2) is 8.88 Å². The Morgan fingerprint density at radius 1 is 1.33 bits per heavy atom. The summed E-state index contributed by atoms with van der Waals surface area (Å²) in [5.74, 6) is -0.250. The molecule has 0 spiro atoms. The number of aldehydes is 1. The van der Waals surface area contributed by atoms with Crippen molar-refractivity contribution in [3.63, 3.8) is 0 Å². The Morgan fingerprint density at radius 3 is 2.27 bits per heavy atom. The first kappa shape index (κ1) is 15.0. The van der Waals surface area contributed by atoms with Crippen molar-refractivity contribution in [3.8, 4) is 0 Å². The van der Waals surface area contributed by atoms with E-state index in [1.165, 1.54) is 0 Å². The monoisotopic (exact) mass is 260 g/mol. The van der Waals surface area contributed by atoms with Gasteiger partial charge in [0.1, 0.15) is 6.29 Å². The van der Waals surface area contributed by atoms with Crippen molar-refractivity contribution in [2.45, 2.75) is 19.8 Å². The molecule has 0 aliphatic carbocycles. The third-order valence-electron chi connectivity index (χ3n) is 1.57. The van der Waals surface area contributed by atoms with Crippen LogP contribution in [-0.4, -0.2) is 27.1 Å². The maximum absolute atomic E-state index is 11.1.